The quantitative estimate of drug-likeness (QED) is 0.616. The molecule has 0 aromatic carbocycles. The van der Waals surface area contributed by atoms with Crippen LogP contribution in [0.25, 0.3) is 0 Å². The molecule has 2 N–H and O–H groups in total. The molecule has 2 unspecified atom stereocenters. The third-order valence-corrected chi connectivity index (χ3v) is 4.41. The molecular weight excluding hydrogens is 268 g/mol. The van der Waals surface area contributed by atoms with E-state index in [1.165, 1.54) is 25.7 Å². The van der Waals surface area contributed by atoms with Gasteiger partial charge in [-0.15, -0.1) is 0 Å². The summed E-state index contributed by atoms with van der Waals surface area (Å²) in [5.41, 5.74) is 0. The topological polar surface area (TPSA) is 49.8 Å². The van der Waals surface area contributed by atoms with Crippen molar-refractivity contribution in [2.24, 2.45) is 11.8 Å². The Balaban J connectivity index is 1.95. The van der Waals surface area contributed by atoms with Crippen molar-refractivity contribution < 1.29 is 0 Å². The second-order valence-electron chi connectivity index (χ2n) is 5.67. The summed E-state index contributed by atoms with van der Waals surface area (Å²) in [4.78, 5) is 8.99. The minimum absolute atomic E-state index is 0.786. The van der Waals surface area contributed by atoms with Gasteiger partial charge in [-0.05, 0) is 37.9 Å². The largest absolute Gasteiger partial charge is 0.370 e. The molecule has 2 atom stereocenters. The lowest BCUT2D eigenvalue weighted by Gasteiger charge is -2.27. The van der Waals surface area contributed by atoms with Crippen molar-refractivity contribution in [3.05, 3.63) is 6.07 Å². The monoisotopic (exact) mass is 294 g/mol. The predicted octanol–water partition coefficient (Wildman–Crippen LogP) is 3.87. The summed E-state index contributed by atoms with van der Waals surface area (Å²) in [5.74, 6) is 3.51. The lowest BCUT2D eigenvalue weighted by molar-refractivity contribution is 0.293. The SMILES string of the molecule is CCNc1cc(NCC2CCCC(C)C2)nc(SC)n1. The molecule has 1 aliphatic carbocycles. The summed E-state index contributed by atoms with van der Waals surface area (Å²) in [6, 6.07) is 2.01. The fraction of sp³-hybridized carbons (Fsp3) is 0.733. The molecule has 0 radical (unpaired) electrons. The van der Waals surface area contributed by atoms with Gasteiger partial charge in [0.2, 0.25) is 0 Å². The Morgan fingerprint density at radius 3 is 2.65 bits per heavy atom. The van der Waals surface area contributed by atoms with Crippen molar-refractivity contribution in [2.75, 3.05) is 30.0 Å². The molecule has 1 saturated carbocycles. The van der Waals surface area contributed by atoms with E-state index in [9.17, 15) is 0 Å². The van der Waals surface area contributed by atoms with Gasteiger partial charge in [-0.2, -0.15) is 0 Å². The Morgan fingerprint density at radius 2 is 2.00 bits per heavy atom. The van der Waals surface area contributed by atoms with E-state index in [4.69, 9.17) is 0 Å². The van der Waals surface area contributed by atoms with Crippen LogP contribution in [0.3, 0.4) is 0 Å². The summed E-state index contributed by atoms with van der Waals surface area (Å²) < 4.78 is 0. The van der Waals surface area contributed by atoms with Crippen LogP contribution >= 0.6 is 11.8 Å². The molecule has 0 aliphatic heterocycles. The third-order valence-electron chi connectivity index (χ3n) is 3.86. The molecular formula is C15H26N4S. The maximum atomic E-state index is 4.54. The number of hydrogen-bond donors (Lipinski definition) is 2. The number of hydrogen-bond acceptors (Lipinski definition) is 5. The molecule has 2 rings (SSSR count). The Hall–Kier alpha value is -0.970. The molecule has 1 aliphatic rings. The second-order valence-corrected chi connectivity index (χ2v) is 6.45. The van der Waals surface area contributed by atoms with Crippen molar-refractivity contribution in [3.8, 4) is 0 Å². The third kappa shape index (κ3) is 4.54. The lowest BCUT2D eigenvalue weighted by Crippen LogP contribution is -2.21. The van der Waals surface area contributed by atoms with Gasteiger partial charge in [0.1, 0.15) is 11.6 Å². The summed E-state index contributed by atoms with van der Waals surface area (Å²) in [5, 5.41) is 7.59. The fourth-order valence-corrected chi connectivity index (χ4v) is 3.25. The molecule has 4 nitrogen and oxygen atoms in total. The van der Waals surface area contributed by atoms with Gasteiger partial charge in [-0.1, -0.05) is 31.5 Å². The van der Waals surface area contributed by atoms with Crippen LogP contribution in [-0.2, 0) is 0 Å². The van der Waals surface area contributed by atoms with Gasteiger partial charge < -0.3 is 10.6 Å². The summed E-state index contributed by atoms with van der Waals surface area (Å²) >= 11 is 1.58. The van der Waals surface area contributed by atoms with Crippen molar-refractivity contribution in [1.29, 1.82) is 0 Å². The lowest BCUT2D eigenvalue weighted by atomic mass is 9.82. The predicted molar refractivity (Wildman–Crippen MR) is 87.6 cm³/mol. The molecule has 112 valence electrons. The van der Waals surface area contributed by atoms with Crippen molar-refractivity contribution in [1.82, 2.24) is 9.97 Å². The first-order valence-electron chi connectivity index (χ1n) is 7.62. The average molecular weight is 294 g/mol. The molecule has 20 heavy (non-hydrogen) atoms. The zero-order valence-electron chi connectivity index (χ0n) is 12.8. The van der Waals surface area contributed by atoms with Crippen LogP contribution in [-0.4, -0.2) is 29.3 Å². The van der Waals surface area contributed by atoms with Gasteiger partial charge in [0, 0.05) is 19.2 Å². The number of aromatic nitrogens is 2. The number of nitrogens with one attached hydrogen (secondary N) is 2. The number of rotatable bonds is 6. The number of anilines is 2. The first-order valence-corrected chi connectivity index (χ1v) is 8.84. The molecule has 1 heterocycles. The molecule has 1 aromatic heterocycles. The maximum absolute atomic E-state index is 4.54. The number of thioether (sulfide) groups is 1. The van der Waals surface area contributed by atoms with Crippen LogP contribution in [0.5, 0.6) is 0 Å². The van der Waals surface area contributed by atoms with E-state index in [1.54, 1.807) is 11.8 Å². The van der Waals surface area contributed by atoms with Crippen LogP contribution in [0.1, 0.15) is 39.5 Å². The molecule has 0 amide bonds. The van der Waals surface area contributed by atoms with Crippen LogP contribution in [0, 0.1) is 11.8 Å². The maximum Gasteiger partial charge on any atom is 0.191 e. The zero-order valence-corrected chi connectivity index (χ0v) is 13.6. The van der Waals surface area contributed by atoms with Crippen molar-refractivity contribution in [3.63, 3.8) is 0 Å². The van der Waals surface area contributed by atoms with E-state index in [0.29, 0.717) is 0 Å². The Morgan fingerprint density at radius 1 is 1.25 bits per heavy atom. The normalized spacial score (nSPS) is 22.6. The average Bonchev–Trinajstić information content (AvgIpc) is 2.45. The van der Waals surface area contributed by atoms with Crippen LogP contribution < -0.4 is 10.6 Å². The Bertz CT molecular complexity index is 424. The van der Waals surface area contributed by atoms with E-state index >= 15 is 0 Å². The Labute approximate surface area is 126 Å². The van der Waals surface area contributed by atoms with Gasteiger partial charge in [0.25, 0.3) is 0 Å². The molecule has 1 fully saturated rings. The number of nitrogens with zero attached hydrogens (tertiary/aromatic N) is 2. The molecule has 0 bridgehead atoms. The second kappa shape index (κ2) is 7.72. The molecule has 0 spiro atoms. The standard InChI is InChI=1S/C15H26N4S/c1-4-16-13-9-14(19-15(18-13)20-3)17-10-12-7-5-6-11(2)8-12/h9,11-12H,4-8,10H2,1-3H3,(H2,16,17,18,19). The smallest absolute Gasteiger partial charge is 0.191 e. The fourth-order valence-electron chi connectivity index (χ4n) is 2.87. The van der Waals surface area contributed by atoms with Gasteiger partial charge in [0.05, 0.1) is 0 Å². The summed E-state index contributed by atoms with van der Waals surface area (Å²) in [6.45, 7) is 6.36. The molecule has 1 aromatic rings. The summed E-state index contributed by atoms with van der Waals surface area (Å²) in [7, 11) is 0. The van der Waals surface area contributed by atoms with E-state index < -0.39 is 0 Å². The van der Waals surface area contributed by atoms with Gasteiger partial charge >= 0.3 is 0 Å². The highest BCUT2D eigenvalue weighted by atomic mass is 32.2. The minimum atomic E-state index is 0.786. The van der Waals surface area contributed by atoms with Gasteiger partial charge in [-0.3, -0.25) is 0 Å². The van der Waals surface area contributed by atoms with Gasteiger partial charge in [0.15, 0.2) is 5.16 Å². The molecule has 0 saturated heterocycles. The first-order chi connectivity index (χ1) is 9.71. The van der Waals surface area contributed by atoms with Crippen LogP contribution in [0.2, 0.25) is 0 Å². The highest BCUT2D eigenvalue weighted by Crippen LogP contribution is 2.28. The van der Waals surface area contributed by atoms with E-state index in [0.717, 1.165) is 41.7 Å². The Kier molecular flexibility index (Phi) is 5.95. The van der Waals surface area contributed by atoms with Crippen molar-refractivity contribution >= 4 is 23.4 Å². The van der Waals surface area contributed by atoms with Crippen molar-refractivity contribution in [2.45, 2.75) is 44.7 Å². The van der Waals surface area contributed by atoms with E-state index in [-0.39, 0.29) is 0 Å². The minimum Gasteiger partial charge on any atom is -0.370 e. The van der Waals surface area contributed by atoms with Gasteiger partial charge in [-0.25, -0.2) is 9.97 Å². The molecule has 5 heteroatoms. The highest BCUT2D eigenvalue weighted by molar-refractivity contribution is 7.98. The zero-order chi connectivity index (χ0) is 14.4. The van der Waals surface area contributed by atoms with Crippen LogP contribution in [0.15, 0.2) is 11.2 Å². The van der Waals surface area contributed by atoms with E-state index in [2.05, 4.69) is 34.4 Å². The summed E-state index contributed by atoms with van der Waals surface area (Å²) in [6.07, 6.45) is 7.46. The van der Waals surface area contributed by atoms with Crippen LogP contribution in [0.4, 0.5) is 11.6 Å². The highest BCUT2D eigenvalue weighted by Gasteiger charge is 2.18. The first kappa shape index (κ1) is 15.4. The van der Waals surface area contributed by atoms with E-state index in [1.807, 2.05) is 12.3 Å².